The van der Waals surface area contributed by atoms with E-state index in [1.54, 1.807) is 55.0 Å². The summed E-state index contributed by atoms with van der Waals surface area (Å²) in [6.45, 7) is 10.2. The maximum Gasteiger partial charge on any atom is 0.329 e. The zero-order valence-corrected chi connectivity index (χ0v) is 22.9. The molecule has 0 aliphatic carbocycles. The molecule has 3 atom stereocenters. The number of carboxylic acids is 1. The summed E-state index contributed by atoms with van der Waals surface area (Å²) in [7, 11) is 1.58. The van der Waals surface area contributed by atoms with Gasteiger partial charge in [0.25, 0.3) is 5.91 Å². The van der Waals surface area contributed by atoms with Gasteiger partial charge in [0.05, 0.1) is 24.5 Å². The number of pyridine rings is 1. The summed E-state index contributed by atoms with van der Waals surface area (Å²) in [6, 6.07) is 10.2. The third-order valence-corrected chi connectivity index (χ3v) is 7.25. The molecule has 1 fully saturated rings. The predicted octanol–water partition coefficient (Wildman–Crippen LogP) is 5.42. The predicted molar refractivity (Wildman–Crippen MR) is 144 cm³/mol. The molecule has 1 aliphatic rings. The van der Waals surface area contributed by atoms with E-state index < -0.39 is 23.5 Å². The Bertz CT molecular complexity index is 1290. The number of carbonyl (C=O) groups is 2. The smallest absolute Gasteiger partial charge is 0.329 e. The first-order chi connectivity index (χ1) is 18.0. The molecular weight excluding hydrogens is 480 g/mol. The number of aromatic nitrogens is 3. The van der Waals surface area contributed by atoms with Gasteiger partial charge in [0, 0.05) is 36.3 Å². The molecule has 8 nitrogen and oxygen atoms in total. The van der Waals surface area contributed by atoms with Crippen molar-refractivity contribution in [3.8, 4) is 5.75 Å². The fraction of sp³-hybridized carbons (Fsp3) is 0.433. The molecule has 200 valence electrons. The molecule has 1 amide bonds. The van der Waals surface area contributed by atoms with Crippen LogP contribution in [0.4, 0.5) is 0 Å². The molecule has 1 N–H and O–H groups in total. The number of hydrogen-bond donors (Lipinski definition) is 1. The van der Waals surface area contributed by atoms with Gasteiger partial charge in [-0.05, 0) is 54.0 Å². The van der Waals surface area contributed by atoms with E-state index in [-0.39, 0.29) is 30.1 Å². The van der Waals surface area contributed by atoms with Gasteiger partial charge >= 0.3 is 5.97 Å². The van der Waals surface area contributed by atoms with Crippen molar-refractivity contribution in [3.05, 3.63) is 83.7 Å². The van der Waals surface area contributed by atoms with Crippen molar-refractivity contribution in [2.45, 2.75) is 70.4 Å². The monoisotopic (exact) mass is 516 g/mol. The van der Waals surface area contributed by atoms with Crippen molar-refractivity contribution in [1.29, 1.82) is 0 Å². The van der Waals surface area contributed by atoms with Gasteiger partial charge in [-0.2, -0.15) is 0 Å². The van der Waals surface area contributed by atoms with E-state index in [9.17, 15) is 14.7 Å². The van der Waals surface area contributed by atoms with Crippen LogP contribution in [0.2, 0.25) is 0 Å². The number of methoxy groups -OCH3 is 1. The maximum absolute atomic E-state index is 14.5. The average Bonchev–Trinajstić information content (AvgIpc) is 3.24. The number of rotatable bonds is 7. The third kappa shape index (κ3) is 4.99. The minimum atomic E-state index is -1.47. The van der Waals surface area contributed by atoms with Gasteiger partial charge in [-0.1, -0.05) is 46.8 Å². The molecule has 38 heavy (non-hydrogen) atoms. The highest BCUT2D eigenvalue weighted by molar-refractivity contribution is 5.99. The summed E-state index contributed by atoms with van der Waals surface area (Å²) in [6.07, 6.45) is 6.97. The van der Waals surface area contributed by atoms with Gasteiger partial charge in [-0.15, -0.1) is 0 Å². The van der Waals surface area contributed by atoms with Crippen LogP contribution in [-0.2, 0) is 10.2 Å². The van der Waals surface area contributed by atoms with Gasteiger partial charge in [0.15, 0.2) is 0 Å². The van der Waals surface area contributed by atoms with Crippen LogP contribution in [0.25, 0.3) is 0 Å². The molecule has 0 saturated carbocycles. The topological polar surface area (TPSA) is 106 Å². The highest BCUT2D eigenvalue weighted by Crippen LogP contribution is 2.53. The van der Waals surface area contributed by atoms with Crippen LogP contribution >= 0.6 is 0 Å². The van der Waals surface area contributed by atoms with E-state index in [2.05, 4.69) is 35.7 Å². The Balaban J connectivity index is 1.95. The quantitative estimate of drug-likeness (QED) is 0.447. The van der Waals surface area contributed by atoms with Crippen molar-refractivity contribution < 1.29 is 19.4 Å². The summed E-state index contributed by atoms with van der Waals surface area (Å²) < 4.78 is 5.67. The molecule has 1 aromatic carbocycles. The molecule has 4 rings (SSSR count). The standard InChI is InChI=1S/C30H36N4O4/c1-19(2)16-30(28(36)37)17-21(24-18-31-13-14-33-24)26(23-9-7-8-12-32-23)34(30)27(35)20-10-11-22(29(3,4)5)25(15-20)38-6/h7-15,18-19,21,26H,16-17H2,1-6H3,(H,36,37). The van der Waals surface area contributed by atoms with Crippen LogP contribution in [0.3, 0.4) is 0 Å². The van der Waals surface area contributed by atoms with Gasteiger partial charge in [-0.3, -0.25) is 19.7 Å². The van der Waals surface area contributed by atoms with Crippen molar-refractivity contribution in [2.75, 3.05) is 7.11 Å². The van der Waals surface area contributed by atoms with E-state index in [0.717, 1.165) is 5.56 Å². The normalized spacial score (nSPS) is 21.5. The van der Waals surface area contributed by atoms with E-state index in [1.807, 2.05) is 32.0 Å². The third-order valence-electron chi connectivity index (χ3n) is 7.25. The molecule has 0 radical (unpaired) electrons. The Hall–Kier alpha value is -3.81. The second-order valence-corrected chi connectivity index (χ2v) is 11.4. The van der Waals surface area contributed by atoms with Crippen molar-refractivity contribution in [1.82, 2.24) is 19.9 Å². The number of aliphatic carboxylic acids is 1. The molecule has 0 spiro atoms. The highest BCUT2D eigenvalue weighted by atomic mass is 16.5. The number of nitrogens with zero attached hydrogens (tertiary/aromatic N) is 4. The summed E-state index contributed by atoms with van der Waals surface area (Å²) in [5.74, 6) is -1.22. The Kier molecular flexibility index (Phi) is 7.54. The molecular formula is C30H36N4O4. The molecule has 2 aromatic heterocycles. The fourth-order valence-corrected chi connectivity index (χ4v) is 5.72. The van der Waals surface area contributed by atoms with E-state index in [4.69, 9.17) is 4.74 Å². The average molecular weight is 517 g/mol. The van der Waals surface area contributed by atoms with E-state index in [0.29, 0.717) is 22.7 Å². The van der Waals surface area contributed by atoms with Crippen LogP contribution in [0.15, 0.2) is 61.2 Å². The Morgan fingerprint density at radius 2 is 1.84 bits per heavy atom. The molecule has 1 aliphatic heterocycles. The second kappa shape index (κ2) is 10.5. The summed E-state index contributed by atoms with van der Waals surface area (Å²) in [4.78, 5) is 42.6. The van der Waals surface area contributed by atoms with E-state index >= 15 is 0 Å². The Labute approximate surface area is 224 Å². The lowest BCUT2D eigenvalue weighted by molar-refractivity contribution is -0.150. The number of hydrogen-bond acceptors (Lipinski definition) is 6. The number of likely N-dealkylation sites (tertiary alicyclic amines) is 1. The van der Waals surface area contributed by atoms with E-state index in [1.165, 1.54) is 0 Å². The second-order valence-electron chi connectivity index (χ2n) is 11.4. The Morgan fingerprint density at radius 1 is 1.11 bits per heavy atom. The maximum atomic E-state index is 14.5. The number of amides is 1. The first-order valence-corrected chi connectivity index (χ1v) is 12.9. The number of benzene rings is 1. The number of ether oxygens (including phenoxy) is 1. The summed E-state index contributed by atoms with van der Waals surface area (Å²) >= 11 is 0. The SMILES string of the molecule is COc1cc(C(=O)N2C(c3ccccn3)C(c3cnccn3)CC2(CC(C)C)C(=O)O)ccc1C(C)(C)C. The van der Waals surface area contributed by atoms with Crippen LogP contribution < -0.4 is 4.74 Å². The van der Waals surface area contributed by atoms with Crippen LogP contribution in [0.5, 0.6) is 5.75 Å². The highest BCUT2D eigenvalue weighted by Gasteiger charge is 2.60. The van der Waals surface area contributed by atoms with Crippen molar-refractivity contribution >= 4 is 11.9 Å². The summed E-state index contributed by atoms with van der Waals surface area (Å²) in [5, 5.41) is 10.8. The Morgan fingerprint density at radius 3 is 2.39 bits per heavy atom. The van der Waals surface area contributed by atoms with Gasteiger partial charge in [0.1, 0.15) is 11.3 Å². The van der Waals surface area contributed by atoms with Gasteiger partial charge < -0.3 is 14.7 Å². The minimum Gasteiger partial charge on any atom is -0.496 e. The number of carboxylic acid groups (broad SMARTS) is 1. The zero-order chi connectivity index (χ0) is 27.7. The largest absolute Gasteiger partial charge is 0.496 e. The van der Waals surface area contributed by atoms with Crippen molar-refractivity contribution in [3.63, 3.8) is 0 Å². The first-order valence-electron chi connectivity index (χ1n) is 12.9. The van der Waals surface area contributed by atoms with Crippen LogP contribution in [0, 0.1) is 5.92 Å². The van der Waals surface area contributed by atoms with Crippen molar-refractivity contribution in [2.24, 2.45) is 5.92 Å². The lowest BCUT2D eigenvalue weighted by atomic mass is 9.82. The first kappa shape index (κ1) is 27.2. The number of carbonyl (C=O) groups excluding carboxylic acids is 1. The van der Waals surface area contributed by atoms with Crippen LogP contribution in [-0.4, -0.2) is 49.5 Å². The molecule has 3 aromatic rings. The fourth-order valence-electron chi connectivity index (χ4n) is 5.72. The summed E-state index contributed by atoms with van der Waals surface area (Å²) in [5.41, 5.74) is 0.908. The lowest BCUT2D eigenvalue weighted by Gasteiger charge is -2.39. The van der Waals surface area contributed by atoms with Crippen LogP contribution in [0.1, 0.15) is 86.7 Å². The molecule has 3 unspecified atom stereocenters. The van der Waals surface area contributed by atoms with Gasteiger partial charge in [-0.25, -0.2) is 4.79 Å². The molecule has 8 heteroatoms. The molecule has 0 bridgehead atoms. The van der Waals surface area contributed by atoms with Gasteiger partial charge in [0.2, 0.25) is 0 Å². The molecule has 3 heterocycles. The lowest BCUT2D eigenvalue weighted by Crippen LogP contribution is -2.54. The molecule has 1 saturated heterocycles. The minimum absolute atomic E-state index is 0.0178. The zero-order valence-electron chi connectivity index (χ0n) is 22.9.